The number of hydrazine groups is 1. The highest BCUT2D eigenvalue weighted by molar-refractivity contribution is 5.81. The SMILES string of the molecule is NNC(=O)C(F)(F)Oc1cc(F)c([N+](=O)[O-])cc1F. The molecule has 0 aliphatic heterocycles. The molecule has 0 saturated carbocycles. The minimum atomic E-state index is -4.57. The van der Waals surface area contributed by atoms with Crippen molar-refractivity contribution < 1.29 is 32.0 Å². The van der Waals surface area contributed by atoms with Crippen molar-refractivity contribution in [2.75, 3.05) is 0 Å². The van der Waals surface area contributed by atoms with E-state index in [-0.39, 0.29) is 12.1 Å². The summed E-state index contributed by atoms with van der Waals surface area (Å²) >= 11 is 0. The maximum Gasteiger partial charge on any atom is 0.483 e. The second kappa shape index (κ2) is 5.06. The number of carbonyl (C=O) groups excluding carboxylic acids is 1. The molecule has 1 aromatic carbocycles. The van der Waals surface area contributed by atoms with Gasteiger partial charge in [-0.3, -0.25) is 20.3 Å². The number of hydrogen-bond acceptors (Lipinski definition) is 5. The van der Waals surface area contributed by atoms with Crippen molar-refractivity contribution in [2.45, 2.75) is 6.11 Å². The van der Waals surface area contributed by atoms with Gasteiger partial charge in [0, 0.05) is 6.07 Å². The molecule has 19 heavy (non-hydrogen) atoms. The zero-order valence-electron chi connectivity index (χ0n) is 8.82. The van der Waals surface area contributed by atoms with Crippen molar-refractivity contribution in [3.8, 4) is 5.75 Å². The third-order valence-corrected chi connectivity index (χ3v) is 1.83. The Bertz CT molecular complexity index is 537. The summed E-state index contributed by atoms with van der Waals surface area (Å²) in [5.74, 6) is -2.30. The van der Waals surface area contributed by atoms with Crippen molar-refractivity contribution in [1.29, 1.82) is 0 Å². The minimum absolute atomic E-state index is 0.0190. The van der Waals surface area contributed by atoms with E-state index in [4.69, 9.17) is 0 Å². The summed E-state index contributed by atoms with van der Waals surface area (Å²) in [5.41, 5.74) is -0.216. The second-order valence-electron chi connectivity index (χ2n) is 3.08. The Balaban J connectivity index is 3.13. The number of hydrogen-bond donors (Lipinski definition) is 2. The molecule has 0 aliphatic rings. The average Bonchev–Trinajstić information content (AvgIpc) is 2.31. The molecule has 0 spiro atoms. The first-order valence-corrected chi connectivity index (χ1v) is 4.40. The fraction of sp³-hybridized carbons (Fsp3) is 0.125. The zero-order chi connectivity index (χ0) is 14.8. The molecular formula is C8H5F4N3O4. The molecule has 104 valence electrons. The summed E-state index contributed by atoms with van der Waals surface area (Å²) in [6, 6.07) is 0.0618. The third-order valence-electron chi connectivity index (χ3n) is 1.83. The lowest BCUT2D eigenvalue weighted by atomic mass is 10.3. The Labute approximate surface area is 102 Å². The molecule has 11 heteroatoms. The lowest BCUT2D eigenvalue weighted by molar-refractivity contribution is -0.387. The molecule has 0 saturated heterocycles. The molecule has 0 fully saturated rings. The van der Waals surface area contributed by atoms with Gasteiger partial charge in [0.2, 0.25) is 5.82 Å². The normalized spacial score (nSPS) is 11.0. The summed E-state index contributed by atoms with van der Waals surface area (Å²) in [6.07, 6.45) is -4.57. The lowest BCUT2D eigenvalue weighted by Gasteiger charge is -2.16. The number of alkyl halides is 2. The summed E-state index contributed by atoms with van der Waals surface area (Å²) in [6.45, 7) is 0. The van der Waals surface area contributed by atoms with Gasteiger partial charge in [-0.25, -0.2) is 10.2 Å². The van der Waals surface area contributed by atoms with Crippen LogP contribution in [0.25, 0.3) is 0 Å². The molecule has 1 aromatic rings. The van der Waals surface area contributed by atoms with Crippen LogP contribution in [-0.2, 0) is 4.79 Å². The molecule has 1 amide bonds. The van der Waals surface area contributed by atoms with E-state index in [1.54, 1.807) is 0 Å². The summed E-state index contributed by atoms with van der Waals surface area (Å²) in [4.78, 5) is 19.6. The van der Waals surface area contributed by atoms with Crippen LogP contribution in [0.4, 0.5) is 23.2 Å². The highest BCUT2D eigenvalue weighted by atomic mass is 19.3. The second-order valence-corrected chi connectivity index (χ2v) is 3.08. The van der Waals surface area contributed by atoms with Crippen LogP contribution in [0.15, 0.2) is 12.1 Å². The standard InChI is InChI=1S/C8H5F4N3O4/c9-3-2-6(4(10)1-5(3)15(17)18)19-8(11,12)7(16)14-13/h1-2H,13H2,(H,14,16). The average molecular weight is 283 g/mol. The highest BCUT2D eigenvalue weighted by Gasteiger charge is 2.43. The van der Waals surface area contributed by atoms with Crippen molar-refractivity contribution in [1.82, 2.24) is 5.43 Å². The number of halogens is 4. The third kappa shape index (κ3) is 3.07. The maximum atomic E-state index is 13.2. The van der Waals surface area contributed by atoms with Gasteiger partial charge in [0.1, 0.15) is 0 Å². The number of nitrogens with one attached hydrogen (secondary N) is 1. The quantitative estimate of drug-likeness (QED) is 0.280. The molecule has 0 atom stereocenters. The first kappa shape index (κ1) is 14.6. The molecule has 3 N–H and O–H groups in total. The van der Waals surface area contributed by atoms with Crippen LogP contribution in [0.2, 0.25) is 0 Å². The summed E-state index contributed by atoms with van der Waals surface area (Å²) in [7, 11) is 0. The van der Waals surface area contributed by atoms with E-state index < -0.39 is 40.0 Å². The van der Waals surface area contributed by atoms with Crippen LogP contribution in [0.3, 0.4) is 0 Å². The Morgan fingerprint density at radius 2 is 1.95 bits per heavy atom. The fourth-order valence-electron chi connectivity index (χ4n) is 1.00. The topological polar surface area (TPSA) is 107 Å². The summed E-state index contributed by atoms with van der Waals surface area (Å²) < 4.78 is 55.8. The van der Waals surface area contributed by atoms with E-state index >= 15 is 0 Å². The number of nitro groups is 1. The Hall–Kier alpha value is -2.43. The van der Waals surface area contributed by atoms with Gasteiger partial charge in [-0.15, -0.1) is 0 Å². The highest BCUT2D eigenvalue weighted by Crippen LogP contribution is 2.30. The van der Waals surface area contributed by atoms with Gasteiger partial charge in [-0.05, 0) is 0 Å². The number of benzene rings is 1. The van der Waals surface area contributed by atoms with E-state index in [0.717, 1.165) is 5.43 Å². The van der Waals surface area contributed by atoms with E-state index in [1.165, 1.54) is 0 Å². The van der Waals surface area contributed by atoms with Crippen molar-refractivity contribution >= 4 is 11.6 Å². The first-order valence-electron chi connectivity index (χ1n) is 4.40. The lowest BCUT2D eigenvalue weighted by Crippen LogP contribution is -2.47. The first-order chi connectivity index (χ1) is 8.69. The van der Waals surface area contributed by atoms with Crippen LogP contribution < -0.4 is 16.0 Å². The van der Waals surface area contributed by atoms with Crippen LogP contribution in [0.1, 0.15) is 0 Å². The number of rotatable bonds is 4. The van der Waals surface area contributed by atoms with Crippen LogP contribution in [0.5, 0.6) is 5.75 Å². The minimum Gasteiger partial charge on any atom is -0.422 e. The molecule has 0 heterocycles. The van der Waals surface area contributed by atoms with Gasteiger partial charge in [0.15, 0.2) is 11.6 Å². The number of ether oxygens (including phenoxy) is 1. The molecular weight excluding hydrogens is 278 g/mol. The predicted molar refractivity (Wildman–Crippen MR) is 50.9 cm³/mol. The van der Waals surface area contributed by atoms with E-state index in [1.807, 2.05) is 0 Å². The molecule has 0 bridgehead atoms. The Kier molecular flexibility index (Phi) is 3.89. The molecule has 0 aromatic heterocycles. The van der Waals surface area contributed by atoms with Crippen LogP contribution >= 0.6 is 0 Å². The van der Waals surface area contributed by atoms with Crippen molar-refractivity contribution in [2.24, 2.45) is 5.84 Å². The monoisotopic (exact) mass is 283 g/mol. The van der Waals surface area contributed by atoms with E-state index in [9.17, 15) is 32.5 Å². The number of nitrogens with two attached hydrogens (primary N) is 1. The van der Waals surface area contributed by atoms with Crippen LogP contribution in [-0.4, -0.2) is 16.9 Å². The zero-order valence-corrected chi connectivity index (χ0v) is 8.82. The fourth-order valence-corrected chi connectivity index (χ4v) is 1.00. The summed E-state index contributed by atoms with van der Waals surface area (Å²) in [5, 5.41) is 10.3. The number of nitro benzene ring substituents is 1. The molecule has 0 aliphatic carbocycles. The number of amides is 1. The molecule has 0 radical (unpaired) electrons. The van der Waals surface area contributed by atoms with Crippen LogP contribution in [0, 0.1) is 21.7 Å². The smallest absolute Gasteiger partial charge is 0.422 e. The van der Waals surface area contributed by atoms with E-state index in [0.29, 0.717) is 0 Å². The Morgan fingerprint density at radius 3 is 2.42 bits per heavy atom. The maximum absolute atomic E-state index is 13.2. The molecule has 1 rings (SSSR count). The molecule has 0 unspecified atom stereocenters. The predicted octanol–water partition coefficient (Wildman–Crippen LogP) is 0.835. The Morgan fingerprint density at radius 1 is 1.37 bits per heavy atom. The van der Waals surface area contributed by atoms with Gasteiger partial charge in [0.05, 0.1) is 11.0 Å². The van der Waals surface area contributed by atoms with E-state index in [2.05, 4.69) is 10.6 Å². The van der Waals surface area contributed by atoms with Gasteiger partial charge < -0.3 is 4.74 Å². The number of carbonyl (C=O) groups is 1. The van der Waals surface area contributed by atoms with Gasteiger partial charge in [0.25, 0.3) is 0 Å². The number of nitrogens with zero attached hydrogens (tertiary/aromatic N) is 1. The van der Waals surface area contributed by atoms with Gasteiger partial charge in [-0.2, -0.15) is 13.2 Å². The van der Waals surface area contributed by atoms with Crippen molar-refractivity contribution in [3.63, 3.8) is 0 Å². The van der Waals surface area contributed by atoms with Gasteiger partial charge >= 0.3 is 17.7 Å². The molecule has 7 nitrogen and oxygen atoms in total. The largest absolute Gasteiger partial charge is 0.483 e. The van der Waals surface area contributed by atoms with Crippen molar-refractivity contribution in [3.05, 3.63) is 33.9 Å². The van der Waals surface area contributed by atoms with Gasteiger partial charge in [-0.1, -0.05) is 0 Å².